The van der Waals surface area contributed by atoms with Gasteiger partial charge in [0, 0.05) is 10.7 Å². The van der Waals surface area contributed by atoms with Crippen LogP contribution in [0.1, 0.15) is 37.0 Å². The van der Waals surface area contributed by atoms with Crippen LogP contribution in [-0.4, -0.2) is 0 Å². The third kappa shape index (κ3) is 3.78. The fourth-order valence-electron chi connectivity index (χ4n) is 2.32. The molecule has 0 radical (unpaired) electrons. The first-order chi connectivity index (χ1) is 10.1. The van der Waals surface area contributed by atoms with Crippen LogP contribution in [0.15, 0.2) is 48.5 Å². The van der Waals surface area contributed by atoms with Gasteiger partial charge in [0.2, 0.25) is 0 Å². The molecule has 0 saturated heterocycles. The lowest BCUT2D eigenvalue weighted by atomic mass is 9.94. The molecule has 2 rings (SSSR count). The quantitative estimate of drug-likeness (QED) is 0.590. The molecule has 0 aliphatic rings. The Hall–Kier alpha value is -1.04. The molecule has 0 N–H and O–H groups in total. The maximum Gasteiger partial charge on any atom is 0.126 e. The summed E-state index contributed by atoms with van der Waals surface area (Å²) in [4.78, 5) is 0. The van der Waals surface area contributed by atoms with Gasteiger partial charge in [-0.1, -0.05) is 73.6 Å². The predicted octanol–water partition coefficient (Wildman–Crippen LogP) is 6.03. The van der Waals surface area contributed by atoms with Crippen molar-refractivity contribution in [3.05, 3.63) is 65.2 Å². The zero-order chi connectivity index (χ0) is 15.3. The van der Waals surface area contributed by atoms with Crippen LogP contribution in [-0.2, 0) is 11.8 Å². The van der Waals surface area contributed by atoms with Gasteiger partial charge >= 0.3 is 0 Å². The van der Waals surface area contributed by atoms with Crippen molar-refractivity contribution in [3.63, 3.8) is 0 Å². The predicted molar refractivity (Wildman–Crippen MR) is 93.8 cm³/mol. The number of halogens is 1. The molecule has 1 nitrogen and oxygen atoms in total. The van der Waals surface area contributed by atoms with Crippen LogP contribution in [0, 0.1) is 6.92 Å². The third-order valence-corrected chi connectivity index (χ3v) is 6.24. The van der Waals surface area contributed by atoms with Crippen molar-refractivity contribution in [1.29, 1.82) is 0 Å². The first-order valence-corrected chi connectivity index (χ1v) is 9.26. The second-order valence-corrected chi connectivity index (χ2v) is 7.37. The molecule has 2 atom stereocenters. The summed E-state index contributed by atoms with van der Waals surface area (Å²) >= 11 is 6.26. The van der Waals surface area contributed by atoms with Gasteiger partial charge in [-0.2, -0.15) is 0 Å². The van der Waals surface area contributed by atoms with Crippen molar-refractivity contribution < 1.29 is 4.74 Å². The van der Waals surface area contributed by atoms with Gasteiger partial charge in [0.05, 0.1) is 0 Å². The second-order valence-electron chi connectivity index (χ2n) is 5.51. The van der Waals surface area contributed by atoms with Gasteiger partial charge in [0.1, 0.15) is 12.4 Å². The van der Waals surface area contributed by atoms with E-state index in [1.807, 2.05) is 18.2 Å². The number of hydrogen-bond donors (Lipinski definition) is 0. The maximum atomic E-state index is 6.26. The van der Waals surface area contributed by atoms with E-state index >= 15 is 0 Å². The standard InChI is InChI=1S/C18H22ClOP/c1-4-18(3,21-19)16-12-8-9-14(2)17(16)20-13-15-10-6-5-7-11-15/h5-12,21H,4,13H2,1-3H3. The zero-order valence-corrected chi connectivity index (χ0v) is 14.6. The molecule has 0 heterocycles. The first kappa shape index (κ1) is 16.3. The molecule has 3 heteroatoms. The Labute approximate surface area is 134 Å². The van der Waals surface area contributed by atoms with Crippen molar-refractivity contribution in [2.45, 2.75) is 39.0 Å². The highest BCUT2D eigenvalue weighted by atomic mass is 35.7. The minimum atomic E-state index is -0.0282. The molecule has 2 aromatic rings. The van der Waals surface area contributed by atoms with E-state index in [0.717, 1.165) is 17.7 Å². The number of ether oxygens (including phenoxy) is 1. The third-order valence-electron chi connectivity index (χ3n) is 3.95. The lowest BCUT2D eigenvalue weighted by molar-refractivity contribution is 0.297. The molecule has 0 saturated carbocycles. The number of hydrogen-bond acceptors (Lipinski definition) is 1. The van der Waals surface area contributed by atoms with Gasteiger partial charge < -0.3 is 4.74 Å². The Kier molecular flexibility index (Phi) is 5.67. The smallest absolute Gasteiger partial charge is 0.126 e. The van der Waals surface area contributed by atoms with Gasteiger partial charge in [-0.05, 0) is 32.4 Å². The summed E-state index contributed by atoms with van der Waals surface area (Å²) in [6.45, 7) is 7.07. The van der Waals surface area contributed by atoms with E-state index in [1.54, 1.807) is 0 Å². The Morgan fingerprint density at radius 1 is 1.10 bits per heavy atom. The normalized spacial score (nSPS) is 14.3. The Balaban J connectivity index is 2.30. The van der Waals surface area contributed by atoms with Crippen molar-refractivity contribution in [3.8, 4) is 5.75 Å². The van der Waals surface area contributed by atoms with Crippen LogP contribution in [0.3, 0.4) is 0 Å². The summed E-state index contributed by atoms with van der Waals surface area (Å²) in [5, 5.41) is -0.0282. The largest absolute Gasteiger partial charge is 0.488 e. The van der Waals surface area contributed by atoms with Gasteiger partial charge in [-0.15, -0.1) is 0 Å². The van der Waals surface area contributed by atoms with E-state index in [4.69, 9.17) is 16.0 Å². The molecular weight excluding hydrogens is 299 g/mol. The molecular formula is C18H22ClOP. The van der Waals surface area contributed by atoms with E-state index in [2.05, 4.69) is 51.1 Å². The summed E-state index contributed by atoms with van der Waals surface area (Å²) in [7, 11) is 0.335. The highest BCUT2D eigenvalue weighted by molar-refractivity contribution is 7.69. The molecule has 0 amide bonds. The van der Waals surface area contributed by atoms with Crippen molar-refractivity contribution in [1.82, 2.24) is 0 Å². The Morgan fingerprint density at radius 2 is 1.81 bits per heavy atom. The topological polar surface area (TPSA) is 9.23 Å². The van der Waals surface area contributed by atoms with E-state index in [1.165, 1.54) is 11.1 Å². The van der Waals surface area contributed by atoms with Crippen LogP contribution in [0.5, 0.6) is 5.75 Å². The molecule has 2 unspecified atom stereocenters. The first-order valence-electron chi connectivity index (χ1n) is 7.25. The van der Waals surface area contributed by atoms with E-state index in [0.29, 0.717) is 14.5 Å². The van der Waals surface area contributed by atoms with Gasteiger partial charge in [-0.25, -0.2) is 0 Å². The molecule has 0 bridgehead atoms. The SMILES string of the molecule is CCC(C)(PCl)c1cccc(C)c1OCc1ccccc1. The second kappa shape index (κ2) is 7.29. The van der Waals surface area contributed by atoms with Gasteiger partial charge in [-0.3, -0.25) is 0 Å². The maximum absolute atomic E-state index is 6.26. The van der Waals surface area contributed by atoms with Gasteiger partial charge in [0.25, 0.3) is 0 Å². The zero-order valence-electron chi connectivity index (χ0n) is 12.8. The molecule has 2 aromatic carbocycles. The summed E-state index contributed by atoms with van der Waals surface area (Å²) < 4.78 is 6.15. The molecule has 112 valence electrons. The molecule has 0 fully saturated rings. The molecule has 0 spiro atoms. The van der Waals surface area contributed by atoms with Crippen LogP contribution in [0.4, 0.5) is 0 Å². The summed E-state index contributed by atoms with van der Waals surface area (Å²) in [6.07, 6.45) is 1.00. The van der Waals surface area contributed by atoms with Gasteiger partial charge in [0.15, 0.2) is 0 Å². The minimum Gasteiger partial charge on any atom is -0.488 e. The van der Waals surface area contributed by atoms with E-state index in [9.17, 15) is 0 Å². The highest BCUT2D eigenvalue weighted by Crippen LogP contribution is 2.50. The van der Waals surface area contributed by atoms with Crippen molar-refractivity contribution in [2.75, 3.05) is 0 Å². The summed E-state index contributed by atoms with van der Waals surface area (Å²) in [6, 6.07) is 16.6. The lowest BCUT2D eigenvalue weighted by Gasteiger charge is -2.29. The molecule has 0 aromatic heterocycles. The van der Waals surface area contributed by atoms with Crippen LogP contribution in [0.2, 0.25) is 0 Å². The summed E-state index contributed by atoms with van der Waals surface area (Å²) in [5.41, 5.74) is 3.56. The van der Waals surface area contributed by atoms with Crippen LogP contribution in [0.25, 0.3) is 0 Å². The average Bonchev–Trinajstić information content (AvgIpc) is 2.53. The van der Waals surface area contributed by atoms with Crippen molar-refractivity contribution in [2.24, 2.45) is 0 Å². The molecule has 0 aliphatic carbocycles. The van der Waals surface area contributed by atoms with Crippen LogP contribution >= 0.6 is 19.2 Å². The summed E-state index contributed by atoms with van der Waals surface area (Å²) in [5.74, 6) is 0.985. The molecule has 21 heavy (non-hydrogen) atoms. The highest BCUT2D eigenvalue weighted by Gasteiger charge is 2.28. The number of aryl methyl sites for hydroxylation is 1. The number of benzene rings is 2. The number of para-hydroxylation sites is 1. The van der Waals surface area contributed by atoms with Crippen molar-refractivity contribution >= 4 is 19.2 Å². The van der Waals surface area contributed by atoms with Crippen LogP contribution < -0.4 is 4.74 Å². The fraction of sp³-hybridized carbons (Fsp3) is 0.333. The fourth-order valence-corrected chi connectivity index (χ4v) is 3.46. The Morgan fingerprint density at radius 3 is 2.43 bits per heavy atom. The molecule has 0 aliphatic heterocycles. The monoisotopic (exact) mass is 320 g/mol. The lowest BCUT2D eigenvalue weighted by Crippen LogP contribution is -2.15. The average molecular weight is 321 g/mol. The Bertz CT molecular complexity index is 579. The van der Waals surface area contributed by atoms with E-state index < -0.39 is 0 Å². The minimum absolute atomic E-state index is 0.0282. The number of rotatable bonds is 6. The van der Waals surface area contributed by atoms with E-state index in [-0.39, 0.29) is 5.16 Å².